The van der Waals surface area contributed by atoms with E-state index in [-0.39, 0.29) is 11.8 Å². The highest BCUT2D eigenvalue weighted by atomic mass is 16.5. The molecule has 0 aromatic heterocycles. The summed E-state index contributed by atoms with van der Waals surface area (Å²) in [6, 6.07) is 12.4. The van der Waals surface area contributed by atoms with Gasteiger partial charge < -0.3 is 19.7 Å². The molecular weight excluding hydrogens is 344 g/mol. The van der Waals surface area contributed by atoms with Gasteiger partial charge in [-0.3, -0.25) is 9.59 Å². The summed E-state index contributed by atoms with van der Waals surface area (Å²) in [5.74, 6) is 1.01. The van der Waals surface area contributed by atoms with Crippen LogP contribution in [-0.4, -0.2) is 44.0 Å². The molecule has 1 N–H and O–H groups in total. The third-order valence-electron chi connectivity index (χ3n) is 4.64. The molecule has 1 fully saturated rings. The summed E-state index contributed by atoms with van der Waals surface area (Å²) in [5, 5.41) is 2.85. The Morgan fingerprint density at radius 3 is 2.11 bits per heavy atom. The van der Waals surface area contributed by atoms with Crippen molar-refractivity contribution >= 4 is 17.5 Å². The van der Waals surface area contributed by atoms with Gasteiger partial charge in [0.1, 0.15) is 11.5 Å². The lowest BCUT2D eigenvalue weighted by Gasteiger charge is -2.15. The zero-order chi connectivity index (χ0) is 19.2. The van der Waals surface area contributed by atoms with E-state index in [1.54, 1.807) is 32.4 Å². The van der Waals surface area contributed by atoms with Crippen molar-refractivity contribution in [2.24, 2.45) is 0 Å². The minimum Gasteiger partial charge on any atom is -0.497 e. The molecule has 0 atom stereocenters. The van der Waals surface area contributed by atoms with E-state index in [0.717, 1.165) is 31.5 Å². The Bertz CT molecular complexity index is 789. The Kier molecular flexibility index (Phi) is 5.96. The van der Waals surface area contributed by atoms with Gasteiger partial charge in [0.25, 0.3) is 5.91 Å². The third kappa shape index (κ3) is 4.78. The summed E-state index contributed by atoms with van der Waals surface area (Å²) in [4.78, 5) is 26.6. The van der Waals surface area contributed by atoms with Gasteiger partial charge in [0.05, 0.1) is 20.6 Å². The van der Waals surface area contributed by atoms with Crippen molar-refractivity contribution in [1.82, 2.24) is 4.90 Å². The number of anilines is 1. The summed E-state index contributed by atoms with van der Waals surface area (Å²) in [7, 11) is 3.08. The van der Waals surface area contributed by atoms with Crippen molar-refractivity contribution < 1.29 is 19.1 Å². The van der Waals surface area contributed by atoms with Crippen LogP contribution in [0.15, 0.2) is 42.5 Å². The van der Waals surface area contributed by atoms with Crippen molar-refractivity contribution in [1.29, 1.82) is 0 Å². The SMILES string of the molecule is COc1cc(OC)cc(C(=O)Nc2ccc(CC(=O)N3CCCC3)cc2)c1. The van der Waals surface area contributed by atoms with Crippen LogP contribution in [0.1, 0.15) is 28.8 Å². The molecule has 27 heavy (non-hydrogen) atoms. The van der Waals surface area contributed by atoms with Gasteiger partial charge in [-0.2, -0.15) is 0 Å². The molecule has 0 unspecified atom stereocenters. The van der Waals surface area contributed by atoms with E-state index in [1.807, 2.05) is 29.2 Å². The molecule has 6 nitrogen and oxygen atoms in total. The van der Waals surface area contributed by atoms with E-state index >= 15 is 0 Å². The molecule has 1 aliphatic heterocycles. The fourth-order valence-electron chi connectivity index (χ4n) is 3.10. The fourth-order valence-corrected chi connectivity index (χ4v) is 3.10. The van der Waals surface area contributed by atoms with Gasteiger partial charge in [-0.05, 0) is 42.7 Å². The zero-order valence-electron chi connectivity index (χ0n) is 15.7. The molecule has 2 amide bonds. The summed E-state index contributed by atoms with van der Waals surface area (Å²) in [6.45, 7) is 1.72. The maximum atomic E-state index is 12.5. The van der Waals surface area contributed by atoms with E-state index in [0.29, 0.717) is 29.2 Å². The lowest BCUT2D eigenvalue weighted by molar-refractivity contribution is -0.129. The molecule has 0 radical (unpaired) electrons. The standard InChI is InChI=1S/C21H24N2O4/c1-26-18-12-16(13-19(14-18)27-2)21(25)22-17-7-5-15(6-8-17)11-20(24)23-9-3-4-10-23/h5-8,12-14H,3-4,9-11H2,1-2H3,(H,22,25). The highest BCUT2D eigenvalue weighted by Gasteiger charge is 2.18. The Hall–Kier alpha value is -3.02. The van der Waals surface area contributed by atoms with Crippen molar-refractivity contribution in [3.05, 3.63) is 53.6 Å². The minimum absolute atomic E-state index is 0.160. The number of hydrogen-bond acceptors (Lipinski definition) is 4. The first-order chi connectivity index (χ1) is 13.1. The lowest BCUT2D eigenvalue weighted by Crippen LogP contribution is -2.29. The Labute approximate surface area is 159 Å². The van der Waals surface area contributed by atoms with Crippen molar-refractivity contribution in [3.63, 3.8) is 0 Å². The maximum Gasteiger partial charge on any atom is 0.255 e. The monoisotopic (exact) mass is 368 g/mol. The Balaban J connectivity index is 1.64. The van der Waals surface area contributed by atoms with Crippen LogP contribution in [0.4, 0.5) is 5.69 Å². The van der Waals surface area contributed by atoms with Crippen LogP contribution >= 0.6 is 0 Å². The van der Waals surface area contributed by atoms with E-state index in [4.69, 9.17) is 9.47 Å². The molecule has 0 spiro atoms. The van der Waals surface area contributed by atoms with Crippen LogP contribution in [0.3, 0.4) is 0 Å². The molecule has 1 heterocycles. The van der Waals surface area contributed by atoms with Crippen LogP contribution in [0.25, 0.3) is 0 Å². The van der Waals surface area contributed by atoms with E-state index in [2.05, 4.69) is 5.32 Å². The first-order valence-corrected chi connectivity index (χ1v) is 9.00. The quantitative estimate of drug-likeness (QED) is 0.851. The molecular formula is C21H24N2O4. The highest BCUT2D eigenvalue weighted by molar-refractivity contribution is 6.04. The molecule has 0 saturated carbocycles. The van der Waals surface area contributed by atoms with E-state index in [9.17, 15) is 9.59 Å². The average Bonchev–Trinajstić information content (AvgIpc) is 3.24. The normalized spacial score (nSPS) is 13.3. The lowest BCUT2D eigenvalue weighted by atomic mass is 10.1. The number of hydrogen-bond donors (Lipinski definition) is 1. The van der Waals surface area contributed by atoms with Gasteiger partial charge in [0, 0.05) is 30.4 Å². The number of carbonyl (C=O) groups excluding carboxylic acids is 2. The number of nitrogens with one attached hydrogen (secondary N) is 1. The Morgan fingerprint density at radius 2 is 1.56 bits per heavy atom. The molecule has 1 aliphatic rings. The molecule has 142 valence electrons. The van der Waals surface area contributed by atoms with Gasteiger partial charge in [-0.15, -0.1) is 0 Å². The number of nitrogens with zero attached hydrogens (tertiary/aromatic N) is 1. The topological polar surface area (TPSA) is 67.9 Å². The molecule has 0 aliphatic carbocycles. The number of benzene rings is 2. The van der Waals surface area contributed by atoms with Gasteiger partial charge in [-0.1, -0.05) is 12.1 Å². The molecule has 2 aromatic rings. The average molecular weight is 368 g/mol. The van der Waals surface area contributed by atoms with E-state index in [1.165, 1.54) is 0 Å². The first-order valence-electron chi connectivity index (χ1n) is 9.00. The summed E-state index contributed by atoms with van der Waals surface area (Å²) in [6.07, 6.45) is 2.57. The molecule has 6 heteroatoms. The summed E-state index contributed by atoms with van der Waals surface area (Å²) in [5.41, 5.74) is 2.05. The second kappa shape index (κ2) is 8.58. The van der Waals surface area contributed by atoms with Crippen LogP contribution in [0.2, 0.25) is 0 Å². The molecule has 0 bridgehead atoms. The Morgan fingerprint density at radius 1 is 0.963 bits per heavy atom. The van der Waals surface area contributed by atoms with Gasteiger partial charge in [0.15, 0.2) is 0 Å². The summed E-state index contributed by atoms with van der Waals surface area (Å²) < 4.78 is 10.4. The predicted molar refractivity (Wildman–Crippen MR) is 103 cm³/mol. The largest absolute Gasteiger partial charge is 0.497 e. The second-order valence-corrected chi connectivity index (χ2v) is 6.52. The number of likely N-dealkylation sites (tertiary alicyclic amines) is 1. The molecule has 3 rings (SSSR count). The highest BCUT2D eigenvalue weighted by Crippen LogP contribution is 2.23. The fraction of sp³-hybridized carbons (Fsp3) is 0.333. The maximum absolute atomic E-state index is 12.5. The van der Waals surface area contributed by atoms with Crippen LogP contribution in [-0.2, 0) is 11.2 Å². The predicted octanol–water partition coefficient (Wildman–Crippen LogP) is 3.12. The number of rotatable bonds is 6. The number of ether oxygens (including phenoxy) is 2. The van der Waals surface area contributed by atoms with Crippen molar-refractivity contribution in [2.45, 2.75) is 19.3 Å². The number of carbonyl (C=O) groups is 2. The first kappa shape index (κ1) is 18.8. The van der Waals surface area contributed by atoms with Gasteiger partial charge in [0.2, 0.25) is 5.91 Å². The second-order valence-electron chi connectivity index (χ2n) is 6.52. The zero-order valence-corrected chi connectivity index (χ0v) is 15.7. The van der Waals surface area contributed by atoms with Gasteiger partial charge in [-0.25, -0.2) is 0 Å². The van der Waals surface area contributed by atoms with Gasteiger partial charge >= 0.3 is 0 Å². The smallest absolute Gasteiger partial charge is 0.255 e. The minimum atomic E-state index is -0.256. The number of methoxy groups -OCH3 is 2. The van der Waals surface area contributed by atoms with Crippen LogP contribution < -0.4 is 14.8 Å². The van der Waals surface area contributed by atoms with Crippen molar-refractivity contribution in [3.8, 4) is 11.5 Å². The van der Waals surface area contributed by atoms with E-state index < -0.39 is 0 Å². The third-order valence-corrected chi connectivity index (χ3v) is 4.64. The van der Waals surface area contributed by atoms with Crippen LogP contribution in [0, 0.1) is 0 Å². The van der Waals surface area contributed by atoms with Crippen LogP contribution in [0.5, 0.6) is 11.5 Å². The summed E-state index contributed by atoms with van der Waals surface area (Å²) >= 11 is 0. The molecule has 2 aromatic carbocycles. The number of amides is 2. The molecule has 1 saturated heterocycles. The van der Waals surface area contributed by atoms with Crippen molar-refractivity contribution in [2.75, 3.05) is 32.6 Å².